The molecule has 10 heteroatoms. The summed E-state index contributed by atoms with van der Waals surface area (Å²) in [6.07, 6.45) is -0.484. The zero-order chi connectivity index (χ0) is 24.9. The van der Waals surface area contributed by atoms with Gasteiger partial charge >= 0.3 is 13.2 Å². The predicted octanol–water partition coefficient (Wildman–Crippen LogP) is 3.35. The number of carbonyl (C=O) groups excluding carboxylic acids is 2. The topological polar surface area (TPSA) is 68.3 Å². The third-order valence-electron chi connectivity index (χ3n) is 6.38. The summed E-state index contributed by atoms with van der Waals surface area (Å²) in [7, 11) is -1.06. The van der Waals surface area contributed by atoms with E-state index in [0.29, 0.717) is 0 Å². The quantitative estimate of drug-likeness (QED) is 0.626. The Hall–Kier alpha value is -2.20. The van der Waals surface area contributed by atoms with E-state index < -0.39 is 53.1 Å². The third-order valence-corrected chi connectivity index (χ3v) is 6.38. The maximum absolute atomic E-state index is 15.5. The molecule has 2 amide bonds. The summed E-state index contributed by atoms with van der Waals surface area (Å²) < 4.78 is 47.3. The Labute approximate surface area is 194 Å². The molecule has 0 N–H and O–H groups in total. The lowest BCUT2D eigenvalue weighted by molar-refractivity contribution is 0.00182. The summed E-state index contributed by atoms with van der Waals surface area (Å²) in [5, 5.41) is 0. The minimum atomic E-state index is -1.06. The van der Waals surface area contributed by atoms with Gasteiger partial charge < -0.3 is 23.8 Å². The first kappa shape index (κ1) is 25.4. The maximum Gasteiger partial charge on any atom is 0.497 e. The Morgan fingerprint density at radius 1 is 1.09 bits per heavy atom. The molecule has 1 atom stereocenters. The predicted molar refractivity (Wildman–Crippen MR) is 120 cm³/mol. The number of rotatable bonds is 2. The second-order valence-corrected chi connectivity index (χ2v) is 10.7. The molecule has 2 aliphatic rings. The Morgan fingerprint density at radius 3 is 2.18 bits per heavy atom. The summed E-state index contributed by atoms with van der Waals surface area (Å²) in [4.78, 5) is 28.4. The van der Waals surface area contributed by atoms with E-state index in [-0.39, 0.29) is 31.1 Å². The second kappa shape index (κ2) is 8.54. The van der Waals surface area contributed by atoms with Crippen molar-refractivity contribution < 1.29 is 32.4 Å². The fraction of sp³-hybridized carbons (Fsp3) is 0.652. The maximum atomic E-state index is 15.5. The number of amides is 2. The average Bonchev–Trinajstić information content (AvgIpc) is 2.87. The molecule has 33 heavy (non-hydrogen) atoms. The molecule has 1 unspecified atom stereocenters. The molecule has 1 aromatic carbocycles. The molecular weight excluding hydrogens is 433 g/mol. The number of benzene rings is 1. The second-order valence-electron chi connectivity index (χ2n) is 10.7. The van der Waals surface area contributed by atoms with Crippen LogP contribution in [0.15, 0.2) is 12.1 Å². The molecule has 1 aromatic rings. The van der Waals surface area contributed by atoms with Gasteiger partial charge in [0.05, 0.1) is 11.2 Å². The van der Waals surface area contributed by atoms with Crippen LogP contribution in [-0.2, 0) is 14.0 Å². The molecule has 7 nitrogen and oxygen atoms in total. The van der Waals surface area contributed by atoms with E-state index in [4.69, 9.17) is 14.0 Å². The molecule has 182 valence electrons. The van der Waals surface area contributed by atoms with E-state index in [1.165, 1.54) is 15.9 Å². The molecule has 0 aromatic heterocycles. The highest BCUT2D eigenvalue weighted by atomic mass is 19.1. The molecular formula is C23H33BF2N2O5. The number of halogens is 2. The Balaban J connectivity index is 1.80. The number of carbonyl (C=O) groups is 2. The molecule has 0 radical (unpaired) electrons. The van der Waals surface area contributed by atoms with E-state index in [1.807, 2.05) is 27.7 Å². The first-order chi connectivity index (χ1) is 15.0. The summed E-state index contributed by atoms with van der Waals surface area (Å²) in [5.74, 6) is -2.74. The van der Waals surface area contributed by atoms with Gasteiger partial charge in [0.25, 0.3) is 5.91 Å². The summed E-state index contributed by atoms with van der Waals surface area (Å²) in [5.41, 5.74) is -2.75. The van der Waals surface area contributed by atoms with Crippen LogP contribution in [0.5, 0.6) is 0 Å². The van der Waals surface area contributed by atoms with Crippen molar-refractivity contribution in [2.24, 2.45) is 0 Å². The van der Waals surface area contributed by atoms with Gasteiger partial charge in [-0.05, 0) is 61.5 Å². The van der Waals surface area contributed by atoms with Gasteiger partial charge in [0, 0.05) is 31.1 Å². The Bertz CT molecular complexity index is 932. The van der Waals surface area contributed by atoms with Gasteiger partial charge in [-0.2, -0.15) is 0 Å². The first-order valence-electron chi connectivity index (χ1n) is 11.2. The monoisotopic (exact) mass is 466 g/mol. The van der Waals surface area contributed by atoms with Gasteiger partial charge in [-0.3, -0.25) is 4.79 Å². The van der Waals surface area contributed by atoms with E-state index in [9.17, 15) is 14.0 Å². The lowest BCUT2D eigenvalue weighted by Gasteiger charge is -2.40. The van der Waals surface area contributed by atoms with Crippen molar-refractivity contribution >= 4 is 24.6 Å². The van der Waals surface area contributed by atoms with Crippen molar-refractivity contribution in [2.45, 2.75) is 78.2 Å². The molecule has 0 aliphatic carbocycles. The smallest absolute Gasteiger partial charge is 0.444 e. The lowest BCUT2D eigenvalue weighted by atomic mass is 9.77. The lowest BCUT2D eigenvalue weighted by Crippen LogP contribution is -2.56. The van der Waals surface area contributed by atoms with Gasteiger partial charge in [-0.25, -0.2) is 13.6 Å². The molecule has 3 rings (SSSR count). The molecule has 2 heterocycles. The van der Waals surface area contributed by atoms with Gasteiger partial charge in [0.1, 0.15) is 22.8 Å². The van der Waals surface area contributed by atoms with E-state index in [0.717, 1.165) is 6.07 Å². The van der Waals surface area contributed by atoms with Crippen LogP contribution in [0.2, 0.25) is 0 Å². The highest BCUT2D eigenvalue weighted by molar-refractivity contribution is 6.62. The van der Waals surface area contributed by atoms with Crippen molar-refractivity contribution in [1.29, 1.82) is 0 Å². The number of ether oxygens (including phenoxy) is 1. The fourth-order valence-electron chi connectivity index (χ4n) is 3.81. The summed E-state index contributed by atoms with van der Waals surface area (Å²) >= 11 is 0. The fourth-order valence-corrected chi connectivity index (χ4v) is 3.81. The highest BCUT2D eigenvalue weighted by Crippen LogP contribution is 2.37. The van der Waals surface area contributed by atoms with Crippen molar-refractivity contribution in [1.82, 2.24) is 9.80 Å². The average molecular weight is 466 g/mol. The molecule has 0 saturated carbocycles. The molecule has 2 fully saturated rings. The van der Waals surface area contributed by atoms with E-state index in [2.05, 4.69) is 0 Å². The van der Waals surface area contributed by atoms with Crippen molar-refractivity contribution in [2.75, 3.05) is 19.6 Å². The minimum absolute atomic E-state index is 0.0289. The standard InChI is InChI=1S/C23H33BF2N2O5/c1-14-13-27(11-12-28(14)20(30)31-21(2,3)4)19(29)17-16(25)10-9-15(18(17)26)24-32-22(5,6)23(7,8)33-24/h9-10,14H,11-13H2,1-8H3. The number of piperazine rings is 1. The van der Waals surface area contributed by atoms with E-state index in [1.54, 1.807) is 27.7 Å². The molecule has 0 spiro atoms. The van der Waals surface area contributed by atoms with Crippen LogP contribution in [0, 0.1) is 11.6 Å². The largest absolute Gasteiger partial charge is 0.497 e. The van der Waals surface area contributed by atoms with Crippen LogP contribution in [0.25, 0.3) is 0 Å². The summed E-state index contributed by atoms with van der Waals surface area (Å²) in [6, 6.07) is 1.92. The van der Waals surface area contributed by atoms with Crippen molar-refractivity contribution in [3.05, 3.63) is 29.3 Å². The zero-order valence-electron chi connectivity index (χ0n) is 20.6. The van der Waals surface area contributed by atoms with Crippen LogP contribution >= 0.6 is 0 Å². The molecule has 2 saturated heterocycles. The van der Waals surface area contributed by atoms with Crippen LogP contribution in [0.1, 0.15) is 65.7 Å². The van der Waals surface area contributed by atoms with Gasteiger partial charge in [0.2, 0.25) is 0 Å². The molecule has 2 aliphatic heterocycles. The highest BCUT2D eigenvalue weighted by Gasteiger charge is 2.53. The number of hydrogen-bond donors (Lipinski definition) is 0. The first-order valence-corrected chi connectivity index (χ1v) is 11.2. The minimum Gasteiger partial charge on any atom is -0.444 e. The number of nitrogens with zero attached hydrogens (tertiary/aromatic N) is 2. The SMILES string of the molecule is CC1CN(C(=O)c2c(F)ccc(B3OC(C)(C)C(C)(C)O3)c2F)CCN1C(=O)OC(C)(C)C. The van der Waals surface area contributed by atoms with Crippen LogP contribution in [0.3, 0.4) is 0 Å². The Kier molecular flexibility index (Phi) is 6.58. The third kappa shape index (κ3) is 5.01. The number of hydrogen-bond acceptors (Lipinski definition) is 5. The molecule has 0 bridgehead atoms. The van der Waals surface area contributed by atoms with Gasteiger partial charge in [0.15, 0.2) is 0 Å². The van der Waals surface area contributed by atoms with Crippen LogP contribution in [0.4, 0.5) is 13.6 Å². The summed E-state index contributed by atoms with van der Waals surface area (Å²) in [6.45, 7) is 14.8. The van der Waals surface area contributed by atoms with Crippen LogP contribution < -0.4 is 5.46 Å². The van der Waals surface area contributed by atoms with Gasteiger partial charge in [-0.1, -0.05) is 6.07 Å². The van der Waals surface area contributed by atoms with E-state index >= 15 is 4.39 Å². The Morgan fingerprint density at radius 2 is 1.67 bits per heavy atom. The van der Waals surface area contributed by atoms with Crippen molar-refractivity contribution in [3.63, 3.8) is 0 Å². The normalized spacial score (nSPS) is 22.5. The van der Waals surface area contributed by atoms with Crippen molar-refractivity contribution in [3.8, 4) is 0 Å². The van der Waals surface area contributed by atoms with Crippen LogP contribution in [-0.4, -0.2) is 71.4 Å². The zero-order valence-corrected chi connectivity index (χ0v) is 20.6. The van der Waals surface area contributed by atoms with Gasteiger partial charge in [-0.15, -0.1) is 0 Å².